The number of amides is 1. The zero-order valence-corrected chi connectivity index (χ0v) is 18.9. The van der Waals surface area contributed by atoms with E-state index in [1.165, 1.54) is 9.21 Å². The maximum Gasteiger partial charge on any atom is 0.254 e. The molecule has 31 heavy (non-hydrogen) atoms. The van der Waals surface area contributed by atoms with Crippen LogP contribution in [0.5, 0.6) is 0 Å². The highest BCUT2D eigenvalue weighted by molar-refractivity contribution is 7.92. The van der Waals surface area contributed by atoms with E-state index in [2.05, 4.69) is 10.1 Å². The molecule has 1 amide bonds. The van der Waals surface area contributed by atoms with E-state index in [0.29, 0.717) is 29.5 Å². The normalized spacial score (nSPS) is 11.4. The number of benzene rings is 2. The largest absolute Gasteiger partial charge is 0.337 e. The molecule has 0 atom stereocenters. The first kappa shape index (κ1) is 22.5. The zero-order valence-electron chi connectivity index (χ0n) is 18.1. The van der Waals surface area contributed by atoms with Gasteiger partial charge in [-0.25, -0.2) is 8.42 Å². The summed E-state index contributed by atoms with van der Waals surface area (Å²) in [5.74, 6) is 0.582. The molecule has 0 aliphatic rings. The van der Waals surface area contributed by atoms with Crippen LogP contribution in [0.25, 0.3) is 11.4 Å². The maximum absolute atomic E-state index is 12.8. The molecular formula is C22H26N4O4S. The highest BCUT2D eigenvalue weighted by Crippen LogP contribution is 2.21. The van der Waals surface area contributed by atoms with Crippen LogP contribution in [0.1, 0.15) is 35.7 Å². The molecule has 0 saturated carbocycles. The van der Waals surface area contributed by atoms with Gasteiger partial charge in [0.1, 0.15) is 0 Å². The third-order valence-electron chi connectivity index (χ3n) is 4.85. The molecule has 0 N–H and O–H groups in total. The zero-order chi connectivity index (χ0) is 22.6. The van der Waals surface area contributed by atoms with Gasteiger partial charge in [0, 0.05) is 24.7 Å². The van der Waals surface area contributed by atoms with Gasteiger partial charge >= 0.3 is 0 Å². The minimum absolute atomic E-state index is 0.0129. The van der Waals surface area contributed by atoms with E-state index in [0.717, 1.165) is 11.1 Å². The van der Waals surface area contributed by atoms with Crippen LogP contribution in [-0.2, 0) is 16.6 Å². The lowest BCUT2D eigenvalue weighted by Crippen LogP contribution is -2.32. The van der Waals surface area contributed by atoms with Crippen LogP contribution in [-0.4, -0.2) is 48.7 Å². The molecule has 2 aromatic carbocycles. The van der Waals surface area contributed by atoms with Crippen LogP contribution < -0.4 is 4.31 Å². The molecule has 0 fully saturated rings. The lowest BCUT2D eigenvalue weighted by Gasteiger charge is -2.22. The standard InChI is InChI=1S/C22H26N4O4S/c1-5-26(31(28,29)6-2)19-12-10-17(11-13-19)22(27)25(4)15-20-23-21(24-30-20)18-9-7-8-16(3)14-18/h7-14H,5-6,15H2,1-4H3. The fraction of sp³-hybridized carbons (Fsp3) is 0.318. The topological polar surface area (TPSA) is 96.6 Å². The van der Waals surface area contributed by atoms with Crippen molar-refractivity contribution in [2.24, 2.45) is 0 Å². The maximum atomic E-state index is 12.8. The van der Waals surface area contributed by atoms with Gasteiger partial charge in [-0.15, -0.1) is 0 Å². The summed E-state index contributed by atoms with van der Waals surface area (Å²) in [7, 11) is -1.72. The quantitative estimate of drug-likeness (QED) is 0.530. The van der Waals surface area contributed by atoms with Gasteiger partial charge in [0.05, 0.1) is 18.0 Å². The van der Waals surface area contributed by atoms with Crippen LogP contribution in [0.2, 0.25) is 0 Å². The number of nitrogens with zero attached hydrogens (tertiary/aromatic N) is 4. The highest BCUT2D eigenvalue weighted by Gasteiger charge is 2.20. The molecule has 164 valence electrons. The molecule has 3 aromatic rings. The van der Waals surface area contributed by atoms with Gasteiger partial charge in [-0.1, -0.05) is 28.9 Å². The minimum atomic E-state index is -3.37. The smallest absolute Gasteiger partial charge is 0.254 e. The molecule has 0 spiro atoms. The Morgan fingerprint density at radius 2 is 1.81 bits per heavy atom. The lowest BCUT2D eigenvalue weighted by atomic mass is 10.1. The number of hydrogen-bond donors (Lipinski definition) is 0. The summed E-state index contributed by atoms with van der Waals surface area (Å²) < 4.78 is 31.1. The van der Waals surface area contributed by atoms with Gasteiger partial charge < -0.3 is 9.42 Å². The third-order valence-corrected chi connectivity index (χ3v) is 6.72. The predicted octanol–water partition coefficient (Wildman–Crippen LogP) is 3.49. The number of aromatic nitrogens is 2. The van der Waals surface area contributed by atoms with Gasteiger partial charge in [0.15, 0.2) is 0 Å². The number of aryl methyl sites for hydroxylation is 1. The van der Waals surface area contributed by atoms with Gasteiger partial charge in [-0.2, -0.15) is 4.98 Å². The van der Waals surface area contributed by atoms with Crippen LogP contribution in [0.4, 0.5) is 5.69 Å². The number of hydrogen-bond acceptors (Lipinski definition) is 6. The molecule has 3 rings (SSSR count). The second-order valence-corrected chi connectivity index (χ2v) is 9.34. The Balaban J connectivity index is 1.70. The number of carbonyl (C=O) groups excluding carboxylic acids is 1. The van der Waals surface area contributed by atoms with Crippen LogP contribution in [0.15, 0.2) is 53.1 Å². The number of sulfonamides is 1. The molecular weight excluding hydrogens is 416 g/mol. The fourth-order valence-electron chi connectivity index (χ4n) is 3.18. The van der Waals surface area contributed by atoms with Gasteiger partial charge in [0.2, 0.25) is 21.7 Å². The Kier molecular flexibility index (Phi) is 6.74. The van der Waals surface area contributed by atoms with Crippen molar-refractivity contribution in [1.82, 2.24) is 15.0 Å². The molecule has 0 unspecified atom stereocenters. The Labute approximate surface area is 182 Å². The lowest BCUT2D eigenvalue weighted by molar-refractivity contribution is 0.0769. The first-order valence-corrected chi connectivity index (χ1v) is 11.6. The predicted molar refractivity (Wildman–Crippen MR) is 119 cm³/mol. The van der Waals surface area contributed by atoms with Crippen molar-refractivity contribution in [3.8, 4) is 11.4 Å². The Morgan fingerprint density at radius 1 is 1.10 bits per heavy atom. The van der Waals surface area contributed by atoms with E-state index >= 15 is 0 Å². The monoisotopic (exact) mass is 442 g/mol. The molecule has 1 aromatic heterocycles. The Bertz CT molecular complexity index is 1160. The SMILES string of the molecule is CCN(c1ccc(C(=O)N(C)Cc2nc(-c3cccc(C)c3)no2)cc1)S(=O)(=O)CC. The van der Waals surface area contributed by atoms with Gasteiger partial charge in [0.25, 0.3) is 5.91 Å². The van der Waals surface area contributed by atoms with Crippen LogP contribution in [0.3, 0.4) is 0 Å². The second kappa shape index (κ2) is 9.30. The number of carbonyl (C=O) groups is 1. The summed E-state index contributed by atoms with van der Waals surface area (Å²) in [5, 5.41) is 4.00. The van der Waals surface area contributed by atoms with Crippen molar-refractivity contribution in [3.05, 3.63) is 65.5 Å². The molecule has 8 nitrogen and oxygen atoms in total. The van der Waals surface area contributed by atoms with E-state index in [1.54, 1.807) is 45.2 Å². The van der Waals surface area contributed by atoms with E-state index in [4.69, 9.17) is 4.52 Å². The van der Waals surface area contributed by atoms with Crippen molar-refractivity contribution in [3.63, 3.8) is 0 Å². The Morgan fingerprint density at radius 3 is 2.42 bits per heavy atom. The van der Waals surface area contributed by atoms with E-state index in [9.17, 15) is 13.2 Å². The molecule has 0 bridgehead atoms. The summed E-state index contributed by atoms with van der Waals surface area (Å²) in [6.45, 7) is 5.84. The first-order chi connectivity index (χ1) is 14.7. The molecule has 0 aliphatic carbocycles. The van der Waals surface area contributed by atoms with Crippen LogP contribution >= 0.6 is 0 Å². The summed E-state index contributed by atoms with van der Waals surface area (Å²) in [6.07, 6.45) is 0. The molecule has 9 heteroatoms. The first-order valence-electron chi connectivity index (χ1n) is 10.0. The summed E-state index contributed by atoms with van der Waals surface area (Å²) in [4.78, 5) is 18.6. The third kappa shape index (κ3) is 5.11. The molecule has 0 saturated heterocycles. The molecule has 1 heterocycles. The van der Waals surface area contributed by atoms with Crippen LogP contribution in [0, 0.1) is 6.92 Å². The average molecular weight is 443 g/mol. The van der Waals surface area contributed by atoms with Crippen molar-refractivity contribution in [2.45, 2.75) is 27.3 Å². The average Bonchev–Trinajstić information content (AvgIpc) is 3.22. The summed E-state index contributed by atoms with van der Waals surface area (Å²) in [5.41, 5.74) is 2.91. The van der Waals surface area contributed by atoms with E-state index in [-0.39, 0.29) is 18.2 Å². The highest BCUT2D eigenvalue weighted by atomic mass is 32.2. The van der Waals surface area contributed by atoms with Crippen molar-refractivity contribution >= 4 is 21.6 Å². The second-order valence-electron chi connectivity index (χ2n) is 7.15. The van der Waals surface area contributed by atoms with Gasteiger partial charge in [-0.3, -0.25) is 9.10 Å². The van der Waals surface area contributed by atoms with E-state index < -0.39 is 10.0 Å². The Hall–Kier alpha value is -3.20. The van der Waals surface area contributed by atoms with Gasteiger partial charge in [-0.05, 0) is 51.1 Å². The van der Waals surface area contributed by atoms with E-state index in [1.807, 2.05) is 31.2 Å². The van der Waals surface area contributed by atoms with Crippen molar-refractivity contribution < 1.29 is 17.7 Å². The number of anilines is 1. The summed E-state index contributed by atoms with van der Waals surface area (Å²) >= 11 is 0. The molecule has 0 radical (unpaired) electrons. The molecule has 0 aliphatic heterocycles. The number of rotatable bonds is 8. The van der Waals surface area contributed by atoms with Crippen molar-refractivity contribution in [1.29, 1.82) is 0 Å². The minimum Gasteiger partial charge on any atom is -0.337 e. The summed E-state index contributed by atoms with van der Waals surface area (Å²) in [6, 6.07) is 14.3. The fourth-order valence-corrected chi connectivity index (χ4v) is 4.33. The van der Waals surface area contributed by atoms with Crippen molar-refractivity contribution in [2.75, 3.05) is 23.7 Å².